The van der Waals surface area contributed by atoms with Crippen LogP contribution >= 0.6 is 11.3 Å². The summed E-state index contributed by atoms with van der Waals surface area (Å²) in [4.78, 5) is 18.2. The summed E-state index contributed by atoms with van der Waals surface area (Å²) in [5.74, 6) is 0.771. The molecule has 0 aliphatic carbocycles. The van der Waals surface area contributed by atoms with Crippen LogP contribution in [0.3, 0.4) is 0 Å². The van der Waals surface area contributed by atoms with E-state index in [-0.39, 0.29) is 11.9 Å². The second kappa shape index (κ2) is 9.12. The van der Waals surface area contributed by atoms with Crippen molar-refractivity contribution in [2.24, 2.45) is 0 Å². The molecule has 2 aromatic heterocycles. The normalized spacial score (nSPS) is 10.0. The van der Waals surface area contributed by atoms with E-state index in [2.05, 4.69) is 22.2 Å². The highest BCUT2D eigenvalue weighted by molar-refractivity contribution is 7.17. The van der Waals surface area contributed by atoms with E-state index < -0.39 is 0 Å². The molecule has 0 atom stereocenters. The molecule has 0 aliphatic heterocycles. The number of nitrogen functional groups attached to an aromatic ring is 2. The van der Waals surface area contributed by atoms with Crippen molar-refractivity contribution in [3.63, 3.8) is 0 Å². The maximum Gasteiger partial charge on any atom is 0.222 e. The lowest BCUT2D eigenvalue weighted by Crippen LogP contribution is -2.20. The van der Waals surface area contributed by atoms with Gasteiger partial charge in [0.15, 0.2) is 0 Å². The van der Waals surface area contributed by atoms with Crippen molar-refractivity contribution in [2.75, 3.05) is 18.0 Å². The summed E-state index contributed by atoms with van der Waals surface area (Å²) < 4.78 is 0.902. The van der Waals surface area contributed by atoms with Crippen LogP contribution < -0.4 is 16.8 Å². The Bertz CT molecular complexity index is 569. The Morgan fingerprint density at radius 3 is 2.71 bits per heavy atom. The standard InChI is InChI=1S/C8H17NO.C6H6N4S/c1-3-4-5-6-7-9-8(2)10;7-5-4-3(1-2-11-4)9-6(8)10-5/h3-7H2,1-2H3,(H,9,10);1-2H,(H4,7,8,9,10). The summed E-state index contributed by atoms with van der Waals surface area (Å²) in [7, 11) is 0. The molecule has 2 heterocycles. The van der Waals surface area contributed by atoms with Gasteiger partial charge in [-0.1, -0.05) is 26.2 Å². The highest BCUT2D eigenvalue weighted by Crippen LogP contribution is 2.23. The number of nitrogens with two attached hydrogens (primary N) is 2. The minimum atomic E-state index is 0.0801. The largest absolute Gasteiger partial charge is 0.382 e. The third-order valence-electron chi connectivity index (χ3n) is 2.75. The molecular weight excluding hydrogens is 286 g/mol. The minimum Gasteiger partial charge on any atom is -0.382 e. The van der Waals surface area contributed by atoms with Gasteiger partial charge in [-0.05, 0) is 17.9 Å². The lowest BCUT2D eigenvalue weighted by Gasteiger charge is -1.99. The van der Waals surface area contributed by atoms with Crippen molar-refractivity contribution in [1.82, 2.24) is 15.3 Å². The summed E-state index contributed by atoms with van der Waals surface area (Å²) in [5, 5.41) is 4.68. The third-order valence-corrected chi connectivity index (χ3v) is 3.68. The summed E-state index contributed by atoms with van der Waals surface area (Å²) in [5.41, 5.74) is 11.8. The van der Waals surface area contributed by atoms with Gasteiger partial charge in [0, 0.05) is 13.5 Å². The van der Waals surface area contributed by atoms with E-state index in [9.17, 15) is 4.79 Å². The Labute approximate surface area is 129 Å². The van der Waals surface area contributed by atoms with Gasteiger partial charge in [-0.25, -0.2) is 4.98 Å². The van der Waals surface area contributed by atoms with Gasteiger partial charge in [0.25, 0.3) is 0 Å². The molecule has 116 valence electrons. The first kappa shape index (κ1) is 17.2. The number of carbonyl (C=O) groups is 1. The number of hydrogen-bond acceptors (Lipinski definition) is 6. The molecule has 7 heteroatoms. The third kappa shape index (κ3) is 6.40. The molecular formula is C14H23N5OS. The maximum absolute atomic E-state index is 10.4. The monoisotopic (exact) mass is 309 g/mol. The van der Waals surface area contributed by atoms with E-state index in [1.807, 2.05) is 11.4 Å². The Kier molecular flexibility index (Phi) is 7.45. The Hall–Kier alpha value is -1.89. The molecule has 2 aromatic rings. The summed E-state index contributed by atoms with van der Waals surface area (Å²) >= 11 is 1.52. The molecule has 0 saturated carbocycles. The van der Waals surface area contributed by atoms with Crippen LogP contribution in [0.5, 0.6) is 0 Å². The molecule has 1 amide bonds. The molecule has 0 spiro atoms. The van der Waals surface area contributed by atoms with Crippen molar-refractivity contribution in [2.45, 2.75) is 39.5 Å². The first-order chi connectivity index (χ1) is 10.0. The van der Waals surface area contributed by atoms with Gasteiger partial charge in [-0.2, -0.15) is 4.98 Å². The number of carbonyl (C=O) groups excluding carboxylic acids is 1. The fraction of sp³-hybridized carbons (Fsp3) is 0.500. The van der Waals surface area contributed by atoms with E-state index >= 15 is 0 Å². The van der Waals surface area contributed by atoms with Gasteiger partial charge in [0.05, 0.1) is 10.2 Å². The van der Waals surface area contributed by atoms with Gasteiger partial charge >= 0.3 is 0 Å². The number of nitrogens with one attached hydrogen (secondary N) is 1. The maximum atomic E-state index is 10.4. The molecule has 0 aromatic carbocycles. The fourth-order valence-electron chi connectivity index (χ4n) is 1.72. The zero-order chi connectivity index (χ0) is 15.7. The van der Waals surface area contributed by atoms with Gasteiger partial charge in [0.2, 0.25) is 11.9 Å². The first-order valence-corrected chi connectivity index (χ1v) is 7.93. The van der Waals surface area contributed by atoms with Crippen LogP contribution in [0.4, 0.5) is 11.8 Å². The Morgan fingerprint density at radius 1 is 1.29 bits per heavy atom. The number of unbranched alkanes of at least 4 members (excludes halogenated alkanes) is 3. The zero-order valence-electron chi connectivity index (χ0n) is 12.6. The molecule has 5 N–H and O–H groups in total. The fourth-order valence-corrected chi connectivity index (χ4v) is 2.45. The number of anilines is 2. The number of fused-ring (bicyclic) bond motifs is 1. The topological polar surface area (TPSA) is 107 Å². The molecule has 0 unspecified atom stereocenters. The van der Waals surface area contributed by atoms with Crippen molar-refractivity contribution in [3.8, 4) is 0 Å². The summed E-state index contributed by atoms with van der Waals surface area (Å²) in [6, 6.07) is 1.87. The van der Waals surface area contributed by atoms with Gasteiger partial charge in [-0.15, -0.1) is 11.3 Å². The van der Waals surface area contributed by atoms with Crippen molar-refractivity contribution in [3.05, 3.63) is 11.4 Å². The minimum absolute atomic E-state index is 0.0801. The van der Waals surface area contributed by atoms with Gasteiger partial charge in [0.1, 0.15) is 5.82 Å². The zero-order valence-corrected chi connectivity index (χ0v) is 13.4. The second-order valence-electron chi connectivity index (χ2n) is 4.65. The molecule has 0 radical (unpaired) electrons. The number of nitrogens with zero attached hydrogens (tertiary/aromatic N) is 2. The van der Waals surface area contributed by atoms with E-state index in [1.165, 1.54) is 30.6 Å². The summed E-state index contributed by atoms with van der Waals surface area (Å²) in [6.07, 6.45) is 4.88. The number of hydrogen-bond donors (Lipinski definition) is 3. The SMILES string of the molecule is CCCCCCNC(C)=O.Nc1nc(N)c2sccc2n1. The Balaban J connectivity index is 0.000000212. The van der Waals surface area contributed by atoms with Gasteiger partial charge < -0.3 is 16.8 Å². The van der Waals surface area contributed by atoms with E-state index in [1.54, 1.807) is 6.92 Å². The van der Waals surface area contributed by atoms with Crippen LogP contribution in [0.25, 0.3) is 10.2 Å². The first-order valence-electron chi connectivity index (χ1n) is 7.05. The molecule has 0 aliphatic rings. The molecule has 0 bridgehead atoms. The number of thiophene rings is 1. The highest BCUT2D eigenvalue weighted by atomic mass is 32.1. The number of amides is 1. The Morgan fingerprint density at radius 2 is 2.05 bits per heavy atom. The van der Waals surface area contributed by atoms with Crippen LogP contribution in [-0.4, -0.2) is 22.4 Å². The van der Waals surface area contributed by atoms with Gasteiger partial charge in [-0.3, -0.25) is 4.79 Å². The van der Waals surface area contributed by atoms with Crippen molar-refractivity contribution >= 4 is 39.2 Å². The average Bonchev–Trinajstić information content (AvgIpc) is 2.87. The lowest BCUT2D eigenvalue weighted by atomic mass is 10.2. The van der Waals surface area contributed by atoms with Crippen LogP contribution in [0.2, 0.25) is 0 Å². The van der Waals surface area contributed by atoms with Crippen LogP contribution in [0.1, 0.15) is 39.5 Å². The van der Waals surface area contributed by atoms with Crippen LogP contribution in [0.15, 0.2) is 11.4 Å². The molecule has 2 rings (SSSR count). The van der Waals surface area contributed by atoms with E-state index in [0.29, 0.717) is 5.82 Å². The second-order valence-corrected chi connectivity index (χ2v) is 5.56. The van der Waals surface area contributed by atoms with Crippen molar-refractivity contribution < 1.29 is 4.79 Å². The van der Waals surface area contributed by atoms with Crippen molar-refractivity contribution in [1.29, 1.82) is 0 Å². The lowest BCUT2D eigenvalue weighted by molar-refractivity contribution is -0.118. The quantitative estimate of drug-likeness (QED) is 0.736. The van der Waals surface area contributed by atoms with Crippen LogP contribution in [0, 0.1) is 0 Å². The highest BCUT2D eigenvalue weighted by Gasteiger charge is 2.02. The average molecular weight is 309 g/mol. The number of rotatable bonds is 5. The van der Waals surface area contributed by atoms with Crippen LogP contribution in [-0.2, 0) is 4.79 Å². The molecule has 0 saturated heterocycles. The smallest absolute Gasteiger partial charge is 0.222 e. The molecule has 21 heavy (non-hydrogen) atoms. The predicted molar refractivity (Wildman–Crippen MR) is 89.1 cm³/mol. The predicted octanol–water partition coefficient (Wildman–Crippen LogP) is 2.56. The molecule has 6 nitrogen and oxygen atoms in total. The number of aromatic nitrogens is 2. The summed E-state index contributed by atoms with van der Waals surface area (Å²) in [6.45, 7) is 4.58. The van der Waals surface area contributed by atoms with E-state index in [4.69, 9.17) is 11.5 Å². The molecule has 0 fully saturated rings. The van der Waals surface area contributed by atoms with E-state index in [0.717, 1.165) is 23.2 Å².